The van der Waals surface area contributed by atoms with Crippen molar-refractivity contribution >= 4 is 28.0 Å². The highest BCUT2D eigenvalue weighted by Crippen LogP contribution is 2.18. The van der Waals surface area contributed by atoms with E-state index >= 15 is 0 Å². The zero-order valence-corrected chi connectivity index (χ0v) is 20.7. The fourth-order valence-corrected chi connectivity index (χ4v) is 4.74. The first-order valence-electron chi connectivity index (χ1n) is 10.9. The fraction of sp³-hybridized carbons (Fsp3) is 0.143. The zero-order chi connectivity index (χ0) is 23.3. The summed E-state index contributed by atoms with van der Waals surface area (Å²) in [5.74, 6) is 3.43. The lowest BCUT2D eigenvalue weighted by atomic mass is 9.13. The topological polar surface area (TPSA) is 107 Å². The largest absolute Gasteiger partial charge is 0.585 e. The third kappa shape index (κ3) is 5.11. The molecule has 0 heterocycles. The summed E-state index contributed by atoms with van der Waals surface area (Å²) in [5, 5.41) is 0. The monoisotopic (exact) mass is 475 g/mol. The number of rotatable bonds is 8. The molecule has 184 valence electrons. The number of ether oxygens (including phenoxy) is 4. The Morgan fingerprint density at radius 1 is 0.486 bits per heavy atom. The van der Waals surface area contributed by atoms with Crippen LogP contribution >= 0.6 is 0 Å². The second-order valence-electron chi connectivity index (χ2n) is 8.00. The molecule has 0 aliphatic carbocycles. The highest BCUT2D eigenvalue weighted by atomic mass is 16.5. The molecule has 0 fully saturated rings. The van der Waals surface area contributed by atoms with Crippen molar-refractivity contribution in [2.45, 2.75) is 0 Å². The number of aliphatic hydroxyl groups is 1. The van der Waals surface area contributed by atoms with E-state index in [4.69, 9.17) is 14.2 Å². The molecule has 0 saturated heterocycles. The molecule has 0 amide bonds. The smallest absolute Gasteiger partial charge is 0.254 e. The van der Waals surface area contributed by atoms with Gasteiger partial charge in [-0.2, -0.15) is 21.9 Å². The molecule has 6 N–H and O–H groups in total. The summed E-state index contributed by atoms with van der Waals surface area (Å²) in [4.78, 5) is 0. The van der Waals surface area contributed by atoms with Gasteiger partial charge in [-0.1, -0.05) is 48.5 Å². The van der Waals surface area contributed by atoms with Crippen molar-refractivity contribution in [3.05, 3.63) is 97.1 Å². The summed E-state index contributed by atoms with van der Waals surface area (Å²) < 4.78 is 20.7. The highest BCUT2D eigenvalue weighted by molar-refractivity contribution is 7.19. The average Bonchev–Trinajstić information content (AvgIpc) is 2.90. The van der Waals surface area contributed by atoms with Gasteiger partial charge in [-0.25, -0.2) is 0 Å². The van der Waals surface area contributed by atoms with Crippen molar-refractivity contribution in [3.63, 3.8) is 0 Å². The van der Waals surface area contributed by atoms with Crippen molar-refractivity contribution in [2.24, 2.45) is 0 Å². The molecule has 4 aromatic carbocycles. The lowest BCUT2D eigenvalue weighted by Gasteiger charge is -2.44. The van der Waals surface area contributed by atoms with Gasteiger partial charge in [0.15, 0.2) is 7.11 Å². The van der Waals surface area contributed by atoms with Gasteiger partial charge >= 0.3 is 0 Å². The Labute approximate surface area is 207 Å². The zero-order valence-electron chi connectivity index (χ0n) is 20.7. The van der Waals surface area contributed by atoms with E-state index in [2.05, 4.69) is 65.4 Å². The first-order chi connectivity index (χ1) is 16.1. The van der Waals surface area contributed by atoms with Crippen LogP contribution in [0.3, 0.4) is 0 Å². The summed E-state index contributed by atoms with van der Waals surface area (Å²) >= 11 is 0. The third-order valence-corrected chi connectivity index (χ3v) is 6.50. The van der Waals surface area contributed by atoms with Gasteiger partial charge in [-0.05, 0) is 36.4 Å². The SMILES string of the molecule is COc1ccc([B-](c2ccc(OC)cc2)(c2ccc(OC)cc2)c2ccc([OH+]C)cc2)cc1.N.O. The highest BCUT2D eigenvalue weighted by Gasteiger charge is 2.32. The molecule has 7 heteroatoms. The summed E-state index contributed by atoms with van der Waals surface area (Å²) in [6.07, 6.45) is -1.51. The van der Waals surface area contributed by atoms with Gasteiger partial charge in [0.05, 0.1) is 21.3 Å². The minimum absolute atomic E-state index is 0. The summed E-state index contributed by atoms with van der Waals surface area (Å²) in [6.45, 7) is 0. The maximum Gasteiger partial charge on any atom is 0.254 e. The van der Waals surface area contributed by atoms with Crippen LogP contribution in [0.5, 0.6) is 23.0 Å². The first-order valence-corrected chi connectivity index (χ1v) is 10.9. The summed E-state index contributed by atoms with van der Waals surface area (Å²) in [5.41, 5.74) is 4.76. The molecule has 0 aliphatic rings. The Kier molecular flexibility index (Phi) is 9.34. The normalized spacial score (nSPS) is 10.4. The van der Waals surface area contributed by atoms with E-state index in [1.54, 1.807) is 21.3 Å². The predicted molar refractivity (Wildman–Crippen MR) is 146 cm³/mol. The Morgan fingerprint density at radius 2 is 0.743 bits per heavy atom. The van der Waals surface area contributed by atoms with Crippen molar-refractivity contribution in [1.29, 1.82) is 0 Å². The minimum atomic E-state index is -1.51. The molecule has 0 bridgehead atoms. The van der Waals surface area contributed by atoms with Gasteiger partial charge in [0, 0.05) is 12.1 Å². The maximum absolute atomic E-state index is 5.45. The standard InChI is InChI=1S/C28H28BO4.H3N.H2O/c1-30-25-13-5-21(6-14-25)29(22-7-15-26(31-2)16-8-22,23-9-17-27(32-3)18-10-23)24-11-19-28(33-4)20-12-24;;/h5-20H,1-4H3;1H3;1H2/q-1;;/p+1. The summed E-state index contributed by atoms with van der Waals surface area (Å²) in [7, 11) is 6.87. The van der Waals surface area contributed by atoms with Crippen LogP contribution in [-0.4, -0.2) is 44.8 Å². The molecule has 35 heavy (non-hydrogen) atoms. The molecule has 0 unspecified atom stereocenters. The second kappa shape index (κ2) is 12.0. The van der Waals surface area contributed by atoms with Crippen LogP contribution in [0, 0.1) is 0 Å². The van der Waals surface area contributed by atoms with Crippen molar-refractivity contribution < 1.29 is 24.4 Å². The summed E-state index contributed by atoms with van der Waals surface area (Å²) in [6, 6.07) is 33.6. The lowest BCUT2D eigenvalue weighted by Crippen LogP contribution is -2.74. The van der Waals surface area contributed by atoms with Crippen LogP contribution in [0.2, 0.25) is 0 Å². The molecule has 0 aliphatic heterocycles. The van der Waals surface area contributed by atoms with E-state index in [0.717, 1.165) is 23.0 Å². The van der Waals surface area contributed by atoms with Crippen LogP contribution in [0.1, 0.15) is 0 Å². The van der Waals surface area contributed by atoms with E-state index in [-0.39, 0.29) is 11.6 Å². The van der Waals surface area contributed by atoms with E-state index in [9.17, 15) is 0 Å². The fourth-order valence-electron chi connectivity index (χ4n) is 4.74. The van der Waals surface area contributed by atoms with E-state index in [1.165, 1.54) is 21.9 Å². The van der Waals surface area contributed by atoms with Gasteiger partial charge in [-0.15, -0.1) is 0 Å². The van der Waals surface area contributed by atoms with Gasteiger partial charge in [0.2, 0.25) is 0 Å². The molecular formula is C28H34BNO5. The maximum atomic E-state index is 5.45. The molecule has 0 atom stereocenters. The number of hydrogen-bond donors (Lipinski definition) is 1. The number of aromatic hydroxyl groups is 1. The Hall–Kier alpha value is -3.94. The Bertz CT molecular complexity index is 983. The molecule has 6 nitrogen and oxygen atoms in total. The van der Waals surface area contributed by atoms with E-state index in [1.807, 2.05) is 43.5 Å². The second-order valence-corrected chi connectivity index (χ2v) is 8.00. The van der Waals surface area contributed by atoms with Crippen molar-refractivity contribution in [1.82, 2.24) is 6.15 Å². The molecule has 4 aromatic rings. The van der Waals surface area contributed by atoms with Crippen LogP contribution in [0.25, 0.3) is 0 Å². The Morgan fingerprint density at radius 3 is 0.971 bits per heavy atom. The van der Waals surface area contributed by atoms with Gasteiger partial charge in [0.1, 0.15) is 23.4 Å². The molecule has 0 radical (unpaired) electrons. The van der Waals surface area contributed by atoms with Crippen molar-refractivity contribution in [3.8, 4) is 23.0 Å². The Balaban J connectivity index is 0.00000216. The molecule has 4 rings (SSSR count). The molecule has 0 spiro atoms. The van der Waals surface area contributed by atoms with Crippen LogP contribution in [-0.2, 0) is 0 Å². The van der Waals surface area contributed by atoms with Gasteiger partial charge in [0.25, 0.3) is 5.75 Å². The van der Waals surface area contributed by atoms with Crippen LogP contribution < -0.4 is 42.2 Å². The van der Waals surface area contributed by atoms with Crippen LogP contribution in [0.4, 0.5) is 0 Å². The average molecular weight is 475 g/mol. The van der Waals surface area contributed by atoms with Gasteiger partial charge in [-0.3, -0.25) is 0 Å². The lowest BCUT2D eigenvalue weighted by molar-refractivity contribution is 0.136. The molecular weight excluding hydrogens is 441 g/mol. The third-order valence-electron chi connectivity index (χ3n) is 6.50. The molecule has 0 aromatic heterocycles. The van der Waals surface area contributed by atoms with Crippen LogP contribution in [0.15, 0.2) is 97.1 Å². The first kappa shape index (κ1) is 27.3. The van der Waals surface area contributed by atoms with E-state index in [0.29, 0.717) is 0 Å². The van der Waals surface area contributed by atoms with E-state index < -0.39 is 6.15 Å². The minimum Gasteiger partial charge on any atom is -0.585 e. The number of benzene rings is 4. The quantitative estimate of drug-likeness (QED) is 0.312. The van der Waals surface area contributed by atoms with Crippen molar-refractivity contribution in [2.75, 3.05) is 28.4 Å². The number of methoxy groups -OCH3 is 3. The predicted octanol–water partition coefficient (Wildman–Crippen LogP) is 2.30. The number of hydrogen-bond acceptors (Lipinski definition) is 4. The molecule has 0 saturated carbocycles. The van der Waals surface area contributed by atoms with Gasteiger partial charge < -0.3 is 30.6 Å².